The van der Waals surface area contributed by atoms with Gasteiger partial charge in [-0.2, -0.15) is 0 Å². The first-order valence-electron chi connectivity index (χ1n) is 9.45. The molecule has 0 spiro atoms. The van der Waals surface area contributed by atoms with Crippen molar-refractivity contribution in [1.29, 1.82) is 0 Å². The van der Waals surface area contributed by atoms with Crippen LogP contribution in [0.1, 0.15) is 57.7 Å². The summed E-state index contributed by atoms with van der Waals surface area (Å²) < 4.78 is 9.50. The van der Waals surface area contributed by atoms with Crippen LogP contribution in [0.2, 0.25) is 0 Å². The zero-order chi connectivity index (χ0) is 22.1. The molecule has 1 aromatic carbocycles. The third kappa shape index (κ3) is 4.44. The molecule has 1 aromatic rings. The molecule has 0 saturated heterocycles. The SMILES string of the molecule is COC(=O)/C=C(/Nc1c(C)c(NC(C)=O)cc2c1C(C)(C)CC2(C)C)C(=O)OC. The second-order valence-corrected chi connectivity index (χ2v) is 8.67. The van der Waals surface area contributed by atoms with Crippen molar-refractivity contribution in [1.82, 2.24) is 0 Å². The Balaban J connectivity index is 2.77. The highest BCUT2D eigenvalue weighted by molar-refractivity contribution is 6.00. The summed E-state index contributed by atoms with van der Waals surface area (Å²) in [6.07, 6.45) is 1.96. The Bertz CT molecular complexity index is 897. The van der Waals surface area contributed by atoms with E-state index in [2.05, 4.69) is 43.1 Å². The quantitative estimate of drug-likeness (QED) is 0.578. The first-order valence-corrected chi connectivity index (χ1v) is 9.45. The number of anilines is 2. The number of carbonyl (C=O) groups excluding carboxylic acids is 3. The molecule has 0 bridgehead atoms. The van der Waals surface area contributed by atoms with E-state index in [1.54, 1.807) is 0 Å². The molecule has 29 heavy (non-hydrogen) atoms. The van der Waals surface area contributed by atoms with E-state index < -0.39 is 11.9 Å². The third-order valence-corrected chi connectivity index (χ3v) is 5.32. The van der Waals surface area contributed by atoms with Gasteiger partial charge in [0.25, 0.3) is 0 Å². The van der Waals surface area contributed by atoms with Gasteiger partial charge in [-0.3, -0.25) is 4.79 Å². The summed E-state index contributed by atoms with van der Waals surface area (Å²) in [7, 11) is 2.48. The monoisotopic (exact) mass is 402 g/mol. The van der Waals surface area contributed by atoms with Gasteiger partial charge in [-0.15, -0.1) is 0 Å². The summed E-state index contributed by atoms with van der Waals surface area (Å²) in [6.45, 7) is 11.9. The molecule has 0 fully saturated rings. The number of benzene rings is 1. The van der Waals surface area contributed by atoms with Crippen molar-refractivity contribution in [3.05, 3.63) is 34.5 Å². The maximum Gasteiger partial charge on any atom is 0.354 e. The second kappa shape index (κ2) is 7.89. The Labute approximate surface area is 171 Å². The third-order valence-electron chi connectivity index (χ3n) is 5.32. The Morgan fingerprint density at radius 2 is 1.66 bits per heavy atom. The lowest BCUT2D eigenvalue weighted by Gasteiger charge is -2.26. The van der Waals surface area contributed by atoms with Gasteiger partial charge in [0.15, 0.2) is 0 Å². The summed E-state index contributed by atoms with van der Waals surface area (Å²) in [5.74, 6) is -1.55. The largest absolute Gasteiger partial charge is 0.466 e. The van der Waals surface area contributed by atoms with E-state index in [1.165, 1.54) is 21.1 Å². The minimum Gasteiger partial charge on any atom is -0.466 e. The van der Waals surface area contributed by atoms with Gasteiger partial charge in [-0.25, -0.2) is 9.59 Å². The Kier molecular flexibility index (Phi) is 6.11. The fraction of sp³-hybridized carbons (Fsp3) is 0.500. The van der Waals surface area contributed by atoms with Crippen molar-refractivity contribution in [2.75, 3.05) is 24.9 Å². The van der Waals surface area contributed by atoms with Crippen molar-refractivity contribution in [3.8, 4) is 0 Å². The molecule has 0 radical (unpaired) electrons. The maximum atomic E-state index is 12.3. The summed E-state index contributed by atoms with van der Waals surface area (Å²) in [5.41, 5.74) is 3.89. The molecule has 2 rings (SSSR count). The highest BCUT2D eigenvalue weighted by atomic mass is 16.5. The van der Waals surface area contributed by atoms with E-state index in [-0.39, 0.29) is 22.4 Å². The zero-order valence-electron chi connectivity index (χ0n) is 18.4. The van der Waals surface area contributed by atoms with Crippen LogP contribution < -0.4 is 10.6 Å². The predicted octanol–water partition coefficient (Wildman–Crippen LogP) is 3.55. The summed E-state index contributed by atoms with van der Waals surface area (Å²) in [4.78, 5) is 35.8. The Morgan fingerprint density at radius 3 is 2.17 bits per heavy atom. The molecule has 0 heterocycles. The van der Waals surface area contributed by atoms with Gasteiger partial charge < -0.3 is 20.1 Å². The van der Waals surface area contributed by atoms with Crippen LogP contribution in [0.4, 0.5) is 11.4 Å². The number of hydrogen-bond acceptors (Lipinski definition) is 6. The number of amides is 1. The molecule has 0 unspecified atom stereocenters. The molecule has 1 aliphatic rings. The minimum absolute atomic E-state index is 0.0369. The lowest BCUT2D eigenvalue weighted by Crippen LogP contribution is -2.21. The molecular formula is C22H30N2O5. The van der Waals surface area contributed by atoms with Crippen LogP contribution in [0.5, 0.6) is 0 Å². The van der Waals surface area contributed by atoms with Crippen molar-refractivity contribution < 1.29 is 23.9 Å². The Hall–Kier alpha value is -2.83. The van der Waals surface area contributed by atoms with Gasteiger partial charge in [0.2, 0.25) is 5.91 Å². The first kappa shape index (κ1) is 22.5. The van der Waals surface area contributed by atoms with E-state index in [0.717, 1.165) is 29.2 Å². The average Bonchev–Trinajstić information content (AvgIpc) is 2.79. The van der Waals surface area contributed by atoms with Crippen LogP contribution in [-0.2, 0) is 34.7 Å². The summed E-state index contributed by atoms with van der Waals surface area (Å²) in [5, 5.41) is 5.98. The standard InChI is InChI=1S/C22H30N2O5/c1-12-15(23-13(2)25)9-14-18(22(5,6)11-21(14,3)4)19(12)24-16(20(27)29-8)10-17(26)28-7/h9-10,24H,11H2,1-8H3,(H,23,25)/b16-10+. The van der Waals surface area contributed by atoms with E-state index in [1.807, 2.05) is 13.0 Å². The van der Waals surface area contributed by atoms with E-state index in [4.69, 9.17) is 4.74 Å². The number of methoxy groups -OCH3 is 2. The number of rotatable bonds is 5. The molecule has 1 amide bonds. The summed E-state index contributed by atoms with van der Waals surface area (Å²) in [6, 6.07) is 2.01. The second-order valence-electron chi connectivity index (χ2n) is 8.67. The van der Waals surface area contributed by atoms with Crippen LogP contribution in [0.15, 0.2) is 17.8 Å². The minimum atomic E-state index is -0.691. The molecule has 0 atom stereocenters. The van der Waals surface area contributed by atoms with E-state index in [0.29, 0.717) is 11.4 Å². The van der Waals surface area contributed by atoms with Crippen LogP contribution >= 0.6 is 0 Å². The molecule has 7 nitrogen and oxygen atoms in total. The van der Waals surface area contributed by atoms with Crippen LogP contribution in [0.25, 0.3) is 0 Å². The molecule has 158 valence electrons. The van der Waals surface area contributed by atoms with Gasteiger partial charge in [0.05, 0.1) is 20.3 Å². The van der Waals surface area contributed by atoms with Gasteiger partial charge in [0, 0.05) is 18.3 Å². The topological polar surface area (TPSA) is 93.7 Å². The van der Waals surface area contributed by atoms with Gasteiger partial charge in [0.1, 0.15) is 5.70 Å². The van der Waals surface area contributed by atoms with Crippen molar-refractivity contribution in [2.45, 2.75) is 58.8 Å². The molecule has 0 aliphatic heterocycles. The van der Waals surface area contributed by atoms with Crippen molar-refractivity contribution >= 4 is 29.2 Å². The van der Waals surface area contributed by atoms with Crippen LogP contribution in [0, 0.1) is 6.92 Å². The number of ether oxygens (including phenoxy) is 2. The molecule has 7 heteroatoms. The fourth-order valence-electron chi connectivity index (χ4n) is 4.35. The molecule has 2 N–H and O–H groups in total. The van der Waals surface area contributed by atoms with Crippen LogP contribution in [0.3, 0.4) is 0 Å². The smallest absolute Gasteiger partial charge is 0.354 e. The highest BCUT2D eigenvalue weighted by Gasteiger charge is 2.44. The molecular weight excluding hydrogens is 372 g/mol. The van der Waals surface area contributed by atoms with Crippen LogP contribution in [-0.4, -0.2) is 32.1 Å². The predicted molar refractivity (Wildman–Crippen MR) is 112 cm³/mol. The molecule has 0 aromatic heterocycles. The lowest BCUT2D eigenvalue weighted by molar-refractivity contribution is -0.138. The molecule has 1 aliphatic carbocycles. The fourth-order valence-corrected chi connectivity index (χ4v) is 4.35. The average molecular weight is 402 g/mol. The maximum absolute atomic E-state index is 12.3. The number of fused-ring (bicyclic) bond motifs is 1. The first-order chi connectivity index (χ1) is 13.3. The number of carbonyl (C=O) groups is 3. The normalized spacial score (nSPS) is 16.6. The van der Waals surface area contributed by atoms with Gasteiger partial charge >= 0.3 is 11.9 Å². The summed E-state index contributed by atoms with van der Waals surface area (Å²) >= 11 is 0. The van der Waals surface area contributed by atoms with Crippen molar-refractivity contribution in [3.63, 3.8) is 0 Å². The van der Waals surface area contributed by atoms with Gasteiger partial charge in [-0.1, -0.05) is 27.7 Å². The highest BCUT2D eigenvalue weighted by Crippen LogP contribution is 2.54. The van der Waals surface area contributed by atoms with E-state index in [9.17, 15) is 14.4 Å². The van der Waals surface area contributed by atoms with Gasteiger partial charge in [-0.05, 0) is 46.9 Å². The molecule has 0 saturated carbocycles. The number of esters is 2. The Morgan fingerprint density at radius 1 is 1.03 bits per heavy atom. The number of nitrogens with one attached hydrogen (secondary N) is 2. The number of hydrogen-bond donors (Lipinski definition) is 2. The van der Waals surface area contributed by atoms with Crippen molar-refractivity contribution in [2.24, 2.45) is 0 Å². The van der Waals surface area contributed by atoms with E-state index >= 15 is 0 Å². The zero-order valence-corrected chi connectivity index (χ0v) is 18.4. The lowest BCUT2D eigenvalue weighted by atomic mass is 9.81.